The highest BCUT2D eigenvalue weighted by Gasteiger charge is 2.51. The van der Waals surface area contributed by atoms with E-state index < -0.39 is 0 Å². The van der Waals surface area contributed by atoms with Gasteiger partial charge in [0.05, 0.1) is 6.26 Å². The Morgan fingerprint density at radius 1 is 0.893 bits per heavy atom. The molecule has 0 aromatic heterocycles. The van der Waals surface area contributed by atoms with Crippen molar-refractivity contribution in [3.63, 3.8) is 0 Å². The fourth-order valence-electron chi connectivity index (χ4n) is 4.54. The van der Waals surface area contributed by atoms with E-state index in [1.54, 1.807) is 6.26 Å². The van der Waals surface area contributed by atoms with Gasteiger partial charge in [-0.2, -0.15) is 0 Å². The van der Waals surface area contributed by atoms with Gasteiger partial charge in [-0.15, -0.1) is 0 Å². The molecule has 1 fully saturated rings. The second kappa shape index (κ2) is 9.32. The van der Waals surface area contributed by atoms with Gasteiger partial charge in [0.15, 0.2) is 0 Å². The van der Waals surface area contributed by atoms with Crippen LogP contribution in [0.4, 0.5) is 0 Å². The fraction of sp³-hybridized carbons (Fsp3) is 0.462. The maximum absolute atomic E-state index is 6.40. The Morgan fingerprint density at radius 2 is 1.43 bits per heavy atom. The van der Waals surface area contributed by atoms with E-state index >= 15 is 0 Å². The number of ether oxygens (including phenoxy) is 2. The minimum Gasteiger partial charge on any atom is -0.490 e. The van der Waals surface area contributed by atoms with Gasteiger partial charge in [0.25, 0.3) is 0 Å². The van der Waals surface area contributed by atoms with E-state index in [-0.39, 0.29) is 0 Å². The van der Waals surface area contributed by atoms with Crippen molar-refractivity contribution < 1.29 is 9.47 Å². The summed E-state index contributed by atoms with van der Waals surface area (Å²) in [5.74, 6) is 2.54. The van der Waals surface area contributed by atoms with Crippen LogP contribution < -0.4 is 9.47 Å². The largest absolute Gasteiger partial charge is 0.490 e. The van der Waals surface area contributed by atoms with Gasteiger partial charge in [0.1, 0.15) is 17.6 Å². The highest BCUT2D eigenvalue weighted by atomic mass is 16.5. The summed E-state index contributed by atoms with van der Waals surface area (Å²) in [7, 11) is 0. The third kappa shape index (κ3) is 4.60. The van der Waals surface area contributed by atoms with Gasteiger partial charge >= 0.3 is 0 Å². The maximum Gasteiger partial charge on any atom is 0.126 e. The van der Waals surface area contributed by atoms with Crippen LogP contribution in [-0.4, -0.2) is 6.10 Å². The zero-order valence-electron chi connectivity index (χ0n) is 17.8. The monoisotopic (exact) mass is 378 g/mol. The van der Waals surface area contributed by atoms with Crippen LogP contribution >= 0.6 is 0 Å². The molecule has 0 saturated heterocycles. The first kappa shape index (κ1) is 20.5. The number of allylic oxidation sites excluding steroid dienone is 1. The topological polar surface area (TPSA) is 18.5 Å². The van der Waals surface area contributed by atoms with Crippen LogP contribution in [-0.2, 0) is 12.8 Å². The predicted octanol–water partition coefficient (Wildman–Crippen LogP) is 6.98. The molecular weight excluding hydrogens is 344 g/mol. The van der Waals surface area contributed by atoms with E-state index in [0.717, 1.165) is 24.3 Å². The normalized spacial score (nSPS) is 20.7. The molecule has 0 spiro atoms. The van der Waals surface area contributed by atoms with Crippen LogP contribution in [0.1, 0.15) is 58.1 Å². The summed E-state index contributed by atoms with van der Waals surface area (Å²) >= 11 is 0. The molecule has 1 aliphatic rings. The maximum atomic E-state index is 6.40. The number of rotatable bonds is 9. The number of hydrogen-bond acceptors (Lipinski definition) is 2. The molecule has 0 amide bonds. The van der Waals surface area contributed by atoms with Gasteiger partial charge in [-0.3, -0.25) is 0 Å². The molecule has 2 unspecified atom stereocenters. The SMILES string of the molecule is C/C=C/Oc1ccc(CCc2ccc(OC3C(C)CC3(CC)CC)cc2)cc1. The second-order valence-electron chi connectivity index (χ2n) is 8.16. The molecule has 1 saturated carbocycles. The lowest BCUT2D eigenvalue weighted by Gasteiger charge is -2.53. The third-order valence-corrected chi connectivity index (χ3v) is 6.41. The highest BCUT2D eigenvalue weighted by Crippen LogP contribution is 2.52. The standard InChI is InChI=1S/C26H34O2/c1-5-18-27-23-14-10-21(11-15-23)8-9-22-12-16-24(17-13-22)28-25-20(4)19-26(25,6-2)7-3/h5,10-18,20,25H,6-9,19H2,1-4H3/b18-5+. The fourth-order valence-corrected chi connectivity index (χ4v) is 4.54. The van der Waals surface area contributed by atoms with Gasteiger partial charge in [-0.1, -0.05) is 51.1 Å². The van der Waals surface area contributed by atoms with Crippen molar-refractivity contribution >= 4 is 0 Å². The van der Waals surface area contributed by atoms with Crippen LogP contribution in [0.25, 0.3) is 0 Å². The van der Waals surface area contributed by atoms with Crippen molar-refractivity contribution in [3.8, 4) is 11.5 Å². The smallest absolute Gasteiger partial charge is 0.126 e. The third-order valence-electron chi connectivity index (χ3n) is 6.41. The Bertz CT molecular complexity index is 754. The van der Waals surface area contributed by atoms with Crippen molar-refractivity contribution in [2.24, 2.45) is 11.3 Å². The average Bonchev–Trinajstić information content (AvgIpc) is 2.74. The molecule has 2 atom stereocenters. The number of hydrogen-bond donors (Lipinski definition) is 0. The van der Waals surface area contributed by atoms with Crippen LogP contribution in [0.15, 0.2) is 60.9 Å². The van der Waals surface area contributed by atoms with Crippen molar-refractivity contribution in [2.45, 2.75) is 65.9 Å². The number of benzene rings is 2. The van der Waals surface area contributed by atoms with Crippen molar-refractivity contribution in [1.82, 2.24) is 0 Å². The van der Waals surface area contributed by atoms with E-state index in [4.69, 9.17) is 9.47 Å². The van der Waals surface area contributed by atoms with E-state index in [1.165, 1.54) is 30.4 Å². The molecule has 0 radical (unpaired) electrons. The minimum absolute atomic E-state index is 0.358. The van der Waals surface area contributed by atoms with E-state index in [1.807, 2.05) is 25.1 Å². The Balaban J connectivity index is 1.53. The molecule has 2 aromatic carbocycles. The summed E-state index contributed by atoms with van der Waals surface area (Å²) in [4.78, 5) is 0. The summed E-state index contributed by atoms with van der Waals surface area (Å²) in [6.45, 7) is 8.86. The molecule has 0 bridgehead atoms. The molecule has 2 heteroatoms. The lowest BCUT2D eigenvalue weighted by Crippen LogP contribution is -2.54. The summed E-state index contributed by atoms with van der Waals surface area (Å²) < 4.78 is 11.9. The first-order chi connectivity index (χ1) is 13.6. The van der Waals surface area contributed by atoms with E-state index in [9.17, 15) is 0 Å². The van der Waals surface area contributed by atoms with Gasteiger partial charge in [-0.25, -0.2) is 0 Å². The Morgan fingerprint density at radius 3 is 1.89 bits per heavy atom. The summed E-state index contributed by atoms with van der Waals surface area (Å²) in [6, 6.07) is 17.0. The molecule has 2 aromatic rings. The molecule has 28 heavy (non-hydrogen) atoms. The zero-order chi connectivity index (χ0) is 20.0. The molecule has 0 N–H and O–H groups in total. The first-order valence-electron chi connectivity index (χ1n) is 10.7. The molecule has 3 rings (SSSR count). The Hall–Kier alpha value is -2.22. The lowest BCUT2D eigenvalue weighted by molar-refractivity contribution is -0.101. The highest BCUT2D eigenvalue weighted by molar-refractivity contribution is 5.31. The molecule has 150 valence electrons. The van der Waals surface area contributed by atoms with Crippen LogP contribution in [0, 0.1) is 11.3 Å². The molecule has 1 aliphatic carbocycles. The second-order valence-corrected chi connectivity index (χ2v) is 8.16. The molecule has 0 heterocycles. The van der Waals surface area contributed by atoms with Crippen LogP contribution in [0.3, 0.4) is 0 Å². The van der Waals surface area contributed by atoms with Gasteiger partial charge < -0.3 is 9.47 Å². The van der Waals surface area contributed by atoms with Gasteiger partial charge in [0.2, 0.25) is 0 Å². The molecule has 2 nitrogen and oxygen atoms in total. The van der Waals surface area contributed by atoms with Crippen LogP contribution in [0.2, 0.25) is 0 Å². The number of aryl methyl sites for hydroxylation is 2. The molecular formula is C26H34O2. The Kier molecular flexibility index (Phi) is 6.83. The summed E-state index contributed by atoms with van der Waals surface area (Å²) in [5, 5.41) is 0. The minimum atomic E-state index is 0.358. The van der Waals surface area contributed by atoms with Crippen molar-refractivity contribution in [2.75, 3.05) is 0 Å². The van der Waals surface area contributed by atoms with Crippen molar-refractivity contribution in [3.05, 3.63) is 72.0 Å². The summed E-state index contributed by atoms with van der Waals surface area (Å²) in [5.41, 5.74) is 3.05. The van der Waals surface area contributed by atoms with E-state index in [2.05, 4.69) is 57.2 Å². The zero-order valence-corrected chi connectivity index (χ0v) is 17.8. The average molecular weight is 379 g/mol. The van der Waals surface area contributed by atoms with Gasteiger partial charge in [-0.05, 0) is 80.3 Å². The Labute approximate surface area is 170 Å². The van der Waals surface area contributed by atoms with Crippen LogP contribution in [0.5, 0.6) is 11.5 Å². The molecule has 0 aliphatic heterocycles. The van der Waals surface area contributed by atoms with E-state index in [0.29, 0.717) is 17.4 Å². The summed E-state index contributed by atoms with van der Waals surface area (Å²) in [6.07, 6.45) is 9.70. The lowest BCUT2D eigenvalue weighted by atomic mass is 9.57. The van der Waals surface area contributed by atoms with Crippen molar-refractivity contribution in [1.29, 1.82) is 0 Å². The van der Waals surface area contributed by atoms with Gasteiger partial charge in [0, 0.05) is 5.41 Å². The first-order valence-corrected chi connectivity index (χ1v) is 10.7. The predicted molar refractivity (Wildman–Crippen MR) is 117 cm³/mol. The quantitative estimate of drug-likeness (QED) is 0.438.